The van der Waals surface area contributed by atoms with Crippen LogP contribution in [0.15, 0.2) is 35.9 Å². The Bertz CT molecular complexity index is 411. The third-order valence-corrected chi connectivity index (χ3v) is 2.81. The molecule has 0 heterocycles. The van der Waals surface area contributed by atoms with Crippen molar-refractivity contribution in [3.05, 3.63) is 47.3 Å². The molecule has 0 N–H and O–H groups in total. The lowest BCUT2D eigenvalue weighted by molar-refractivity contribution is 0.619. The molecule has 0 amide bonds. The van der Waals surface area contributed by atoms with Crippen molar-refractivity contribution >= 4 is 0 Å². The van der Waals surface area contributed by atoms with E-state index in [0.717, 1.165) is 30.4 Å². The van der Waals surface area contributed by atoms with Crippen molar-refractivity contribution in [1.82, 2.24) is 0 Å². The summed E-state index contributed by atoms with van der Waals surface area (Å²) in [6.07, 6.45) is 4.99. The summed E-state index contributed by atoms with van der Waals surface area (Å²) in [6.45, 7) is 0. The van der Waals surface area contributed by atoms with Gasteiger partial charge < -0.3 is 0 Å². The summed E-state index contributed by atoms with van der Waals surface area (Å²) in [5.41, 5.74) is 1.96. The molecular weight excluding hydrogens is 189 g/mol. The largest absolute Gasteiger partial charge is 0.207 e. The number of halogens is 1. The van der Waals surface area contributed by atoms with Gasteiger partial charge in [-0.3, -0.25) is 0 Å². The Hall–Kier alpha value is -1.62. The SMILES string of the molecule is N#CC1=CC(c2ccc(F)cc2)CCC1. The van der Waals surface area contributed by atoms with Crippen LogP contribution in [0.2, 0.25) is 0 Å². The maximum absolute atomic E-state index is 12.7. The highest BCUT2D eigenvalue weighted by molar-refractivity contribution is 5.32. The van der Waals surface area contributed by atoms with E-state index >= 15 is 0 Å². The lowest BCUT2D eigenvalue weighted by atomic mass is 9.86. The summed E-state index contributed by atoms with van der Waals surface area (Å²) >= 11 is 0. The predicted octanol–water partition coefficient (Wildman–Crippen LogP) is 3.54. The van der Waals surface area contributed by atoms with Gasteiger partial charge in [0.25, 0.3) is 0 Å². The number of rotatable bonds is 1. The first-order valence-corrected chi connectivity index (χ1v) is 5.16. The zero-order valence-corrected chi connectivity index (χ0v) is 8.41. The molecule has 1 atom stereocenters. The van der Waals surface area contributed by atoms with Crippen LogP contribution >= 0.6 is 0 Å². The van der Waals surface area contributed by atoms with Crippen molar-refractivity contribution in [2.45, 2.75) is 25.2 Å². The van der Waals surface area contributed by atoms with Gasteiger partial charge in [-0.05, 0) is 37.0 Å². The number of hydrogen-bond acceptors (Lipinski definition) is 1. The van der Waals surface area contributed by atoms with Crippen LogP contribution in [0.25, 0.3) is 0 Å². The Kier molecular flexibility index (Phi) is 2.82. The first-order valence-electron chi connectivity index (χ1n) is 5.16. The van der Waals surface area contributed by atoms with E-state index in [1.165, 1.54) is 12.1 Å². The molecule has 0 fully saturated rings. The summed E-state index contributed by atoms with van der Waals surface area (Å²) in [5, 5.41) is 8.82. The Morgan fingerprint density at radius 2 is 2.00 bits per heavy atom. The van der Waals surface area contributed by atoms with Crippen molar-refractivity contribution in [1.29, 1.82) is 5.26 Å². The summed E-state index contributed by atoms with van der Waals surface area (Å²) in [5.74, 6) is 0.0769. The molecule has 0 saturated carbocycles. The lowest BCUT2D eigenvalue weighted by Gasteiger charge is -2.18. The number of hydrogen-bond donors (Lipinski definition) is 0. The Morgan fingerprint density at radius 1 is 1.27 bits per heavy atom. The maximum atomic E-state index is 12.7. The Balaban J connectivity index is 2.24. The van der Waals surface area contributed by atoms with Crippen molar-refractivity contribution in [2.75, 3.05) is 0 Å². The van der Waals surface area contributed by atoms with Gasteiger partial charge in [0.2, 0.25) is 0 Å². The molecule has 1 nitrogen and oxygen atoms in total. The maximum Gasteiger partial charge on any atom is 0.123 e. The molecule has 2 heteroatoms. The van der Waals surface area contributed by atoms with E-state index in [-0.39, 0.29) is 11.7 Å². The zero-order chi connectivity index (χ0) is 10.7. The molecule has 1 unspecified atom stereocenters. The third-order valence-electron chi connectivity index (χ3n) is 2.81. The minimum Gasteiger partial charge on any atom is -0.207 e. The van der Waals surface area contributed by atoms with E-state index in [9.17, 15) is 4.39 Å². The summed E-state index contributed by atoms with van der Waals surface area (Å²) in [7, 11) is 0. The summed E-state index contributed by atoms with van der Waals surface area (Å²) < 4.78 is 12.7. The summed E-state index contributed by atoms with van der Waals surface area (Å²) in [4.78, 5) is 0. The highest BCUT2D eigenvalue weighted by atomic mass is 19.1. The van der Waals surface area contributed by atoms with Crippen LogP contribution in [-0.2, 0) is 0 Å². The highest BCUT2D eigenvalue weighted by Crippen LogP contribution is 2.30. The fourth-order valence-corrected chi connectivity index (χ4v) is 1.99. The standard InChI is InChI=1S/C13H12FN/c14-13-6-4-11(5-7-13)12-3-1-2-10(8-12)9-15/h4-8,12H,1-3H2. The fraction of sp³-hybridized carbons (Fsp3) is 0.308. The minimum atomic E-state index is -0.209. The lowest BCUT2D eigenvalue weighted by Crippen LogP contribution is -2.02. The van der Waals surface area contributed by atoms with E-state index in [4.69, 9.17) is 5.26 Å². The van der Waals surface area contributed by atoms with Crippen molar-refractivity contribution in [3.8, 4) is 6.07 Å². The second-order valence-corrected chi connectivity index (χ2v) is 3.85. The number of nitrogens with zero attached hydrogens (tertiary/aromatic N) is 1. The van der Waals surface area contributed by atoms with E-state index in [1.807, 2.05) is 6.08 Å². The van der Waals surface area contributed by atoms with Crippen LogP contribution in [0.4, 0.5) is 4.39 Å². The average Bonchev–Trinajstić information content (AvgIpc) is 2.30. The quantitative estimate of drug-likeness (QED) is 0.681. The molecule has 0 aliphatic heterocycles. The smallest absolute Gasteiger partial charge is 0.123 e. The van der Waals surface area contributed by atoms with Crippen LogP contribution in [0.3, 0.4) is 0 Å². The van der Waals surface area contributed by atoms with E-state index in [0.29, 0.717) is 0 Å². The third kappa shape index (κ3) is 2.24. The van der Waals surface area contributed by atoms with Crippen LogP contribution in [0, 0.1) is 17.1 Å². The van der Waals surface area contributed by atoms with Gasteiger partial charge in [-0.25, -0.2) is 4.39 Å². The van der Waals surface area contributed by atoms with E-state index in [2.05, 4.69) is 6.07 Å². The molecule has 0 radical (unpaired) electrons. The van der Waals surface area contributed by atoms with Crippen LogP contribution < -0.4 is 0 Å². The second kappa shape index (κ2) is 4.27. The zero-order valence-electron chi connectivity index (χ0n) is 8.41. The summed E-state index contributed by atoms with van der Waals surface area (Å²) in [6, 6.07) is 8.76. The van der Waals surface area contributed by atoms with Gasteiger partial charge in [-0.15, -0.1) is 0 Å². The molecule has 1 aliphatic carbocycles. The van der Waals surface area contributed by atoms with Crippen LogP contribution in [0.1, 0.15) is 30.7 Å². The van der Waals surface area contributed by atoms with Crippen LogP contribution in [-0.4, -0.2) is 0 Å². The normalized spacial score (nSPS) is 20.5. The molecule has 1 aromatic carbocycles. The number of allylic oxidation sites excluding steroid dienone is 2. The first-order chi connectivity index (χ1) is 7.29. The van der Waals surface area contributed by atoms with E-state index in [1.54, 1.807) is 12.1 Å². The molecule has 1 aliphatic rings. The van der Waals surface area contributed by atoms with Gasteiger partial charge in [0, 0.05) is 11.5 Å². The van der Waals surface area contributed by atoms with Gasteiger partial charge in [-0.1, -0.05) is 18.2 Å². The molecule has 2 rings (SSSR count). The molecule has 0 aromatic heterocycles. The average molecular weight is 201 g/mol. The molecule has 15 heavy (non-hydrogen) atoms. The van der Waals surface area contributed by atoms with Crippen molar-refractivity contribution in [2.24, 2.45) is 0 Å². The van der Waals surface area contributed by atoms with Crippen molar-refractivity contribution < 1.29 is 4.39 Å². The van der Waals surface area contributed by atoms with E-state index < -0.39 is 0 Å². The predicted molar refractivity (Wildman–Crippen MR) is 56.7 cm³/mol. The number of benzene rings is 1. The fourth-order valence-electron chi connectivity index (χ4n) is 1.99. The highest BCUT2D eigenvalue weighted by Gasteiger charge is 2.14. The molecular formula is C13H12FN. The molecule has 0 spiro atoms. The van der Waals surface area contributed by atoms with Gasteiger partial charge in [0.15, 0.2) is 0 Å². The van der Waals surface area contributed by atoms with Gasteiger partial charge in [-0.2, -0.15) is 5.26 Å². The first kappa shape index (κ1) is 9.92. The number of nitriles is 1. The van der Waals surface area contributed by atoms with Gasteiger partial charge in [0.1, 0.15) is 5.82 Å². The minimum absolute atomic E-state index is 0.209. The molecule has 76 valence electrons. The second-order valence-electron chi connectivity index (χ2n) is 3.85. The topological polar surface area (TPSA) is 23.8 Å². The Labute approximate surface area is 88.8 Å². The molecule has 1 aromatic rings. The molecule has 0 bridgehead atoms. The van der Waals surface area contributed by atoms with Crippen LogP contribution in [0.5, 0.6) is 0 Å². The monoisotopic (exact) mass is 201 g/mol. The van der Waals surface area contributed by atoms with Gasteiger partial charge in [0.05, 0.1) is 6.07 Å². The molecule has 0 saturated heterocycles. The van der Waals surface area contributed by atoms with Crippen molar-refractivity contribution in [3.63, 3.8) is 0 Å². The Morgan fingerprint density at radius 3 is 2.67 bits per heavy atom. The van der Waals surface area contributed by atoms with Gasteiger partial charge >= 0.3 is 0 Å².